The van der Waals surface area contributed by atoms with Gasteiger partial charge in [-0.1, -0.05) is 0 Å². The quantitative estimate of drug-likeness (QED) is 0.428. The van der Waals surface area contributed by atoms with Gasteiger partial charge in [-0.2, -0.15) is 0 Å². The third kappa shape index (κ3) is 5.57. The molecule has 0 bridgehead atoms. The van der Waals surface area contributed by atoms with Crippen LogP contribution >= 0.6 is 11.6 Å². The lowest BCUT2D eigenvalue weighted by Crippen LogP contribution is -2.44. The molecule has 0 amide bonds. The second-order valence-corrected chi connectivity index (χ2v) is 10.2. The zero-order valence-corrected chi connectivity index (χ0v) is 18.6. The molecule has 4 rings (SSSR count). The van der Waals surface area contributed by atoms with E-state index in [1.165, 1.54) is 12.8 Å². The Bertz CT molecular complexity index is 741. The van der Waals surface area contributed by atoms with E-state index in [1.54, 1.807) is 0 Å². The van der Waals surface area contributed by atoms with Crippen LogP contribution in [0.3, 0.4) is 0 Å². The highest BCUT2D eigenvalue weighted by molar-refractivity contribution is 6.20. The predicted molar refractivity (Wildman–Crippen MR) is 123 cm³/mol. The number of alkyl halides is 1. The molecule has 30 heavy (non-hydrogen) atoms. The maximum absolute atomic E-state index is 12.0. The molecule has 0 radical (unpaired) electrons. The molecular formula is C23H36ClN3O3. The summed E-state index contributed by atoms with van der Waals surface area (Å²) in [7, 11) is 0. The molecular weight excluding hydrogens is 402 g/mol. The predicted octanol–water partition coefficient (Wildman–Crippen LogP) is 3.23. The van der Waals surface area contributed by atoms with Gasteiger partial charge in [-0.15, -0.1) is 11.6 Å². The van der Waals surface area contributed by atoms with E-state index in [1.807, 2.05) is 0 Å². The molecule has 6 nitrogen and oxygen atoms in total. The fourth-order valence-electron chi connectivity index (χ4n) is 5.19. The summed E-state index contributed by atoms with van der Waals surface area (Å²) in [6.45, 7) is 3.52. The molecule has 0 aromatic heterocycles. The number of rotatable bonds is 8. The normalized spacial score (nSPS) is 32.8. The summed E-state index contributed by atoms with van der Waals surface area (Å²) in [4.78, 5) is 24.1. The monoisotopic (exact) mass is 437 g/mol. The Hall–Kier alpha value is -1.11. The fraction of sp³-hybridized carbons (Fsp3) is 0.826. The van der Waals surface area contributed by atoms with Crippen LogP contribution in [0.1, 0.15) is 64.2 Å². The van der Waals surface area contributed by atoms with Crippen molar-refractivity contribution in [3.05, 3.63) is 20.4 Å². The smallest absolute Gasteiger partial charge is 0.253 e. The minimum Gasteiger partial charge on any atom is -0.380 e. The van der Waals surface area contributed by atoms with Crippen molar-refractivity contribution in [3.8, 4) is 0 Å². The summed E-state index contributed by atoms with van der Waals surface area (Å²) < 4.78 is 6.17. The van der Waals surface area contributed by atoms with E-state index < -0.39 is 0 Å². The van der Waals surface area contributed by atoms with Crippen LogP contribution in [-0.2, 0) is 4.74 Å². The number of halogens is 1. The van der Waals surface area contributed by atoms with Crippen LogP contribution in [0.15, 0.2) is 9.59 Å². The van der Waals surface area contributed by atoms with Gasteiger partial charge in [0.15, 0.2) is 0 Å². The van der Waals surface area contributed by atoms with Gasteiger partial charge < -0.3 is 20.7 Å². The van der Waals surface area contributed by atoms with Crippen LogP contribution < -0.4 is 26.8 Å². The Labute approximate surface area is 184 Å². The molecule has 0 spiro atoms. The van der Waals surface area contributed by atoms with Crippen molar-refractivity contribution >= 4 is 23.0 Å². The van der Waals surface area contributed by atoms with E-state index >= 15 is 0 Å². The second kappa shape index (κ2) is 10.5. The van der Waals surface area contributed by atoms with Gasteiger partial charge in [0.05, 0.1) is 6.10 Å². The molecule has 1 aromatic rings. The number of hydrogen-bond donors (Lipinski definition) is 3. The number of hydrogen-bond acceptors (Lipinski definition) is 6. The first-order valence-corrected chi connectivity index (χ1v) is 12.3. The van der Waals surface area contributed by atoms with Crippen molar-refractivity contribution in [3.63, 3.8) is 0 Å². The summed E-state index contributed by atoms with van der Waals surface area (Å²) in [6, 6.07) is 0.234. The van der Waals surface area contributed by atoms with Crippen molar-refractivity contribution < 1.29 is 4.74 Å². The summed E-state index contributed by atoms with van der Waals surface area (Å²) >= 11 is 6.18. The van der Waals surface area contributed by atoms with E-state index in [0.29, 0.717) is 34.7 Å². The zero-order valence-electron chi connectivity index (χ0n) is 17.9. The highest BCUT2D eigenvalue weighted by atomic mass is 35.5. The summed E-state index contributed by atoms with van der Waals surface area (Å²) in [5.41, 5.74) is 0.274. The van der Waals surface area contributed by atoms with Crippen molar-refractivity contribution in [2.24, 2.45) is 11.8 Å². The van der Waals surface area contributed by atoms with Crippen molar-refractivity contribution in [2.45, 2.75) is 81.7 Å². The summed E-state index contributed by atoms with van der Waals surface area (Å²) in [5.74, 6) is 1.21. The minimum atomic E-state index is -0.368. The van der Waals surface area contributed by atoms with Gasteiger partial charge in [-0.3, -0.25) is 9.59 Å². The Balaban J connectivity index is 1.17. The Morgan fingerprint density at radius 3 is 2.30 bits per heavy atom. The largest absolute Gasteiger partial charge is 0.380 e. The topological polar surface area (TPSA) is 79.5 Å². The van der Waals surface area contributed by atoms with Crippen molar-refractivity contribution in [2.75, 3.05) is 36.9 Å². The third-order valence-corrected chi connectivity index (χ3v) is 7.70. The Kier molecular flexibility index (Phi) is 7.71. The van der Waals surface area contributed by atoms with Crippen LogP contribution in [0.5, 0.6) is 0 Å². The van der Waals surface area contributed by atoms with Gasteiger partial charge in [0.2, 0.25) is 0 Å². The third-order valence-electron chi connectivity index (χ3n) is 7.26. The van der Waals surface area contributed by atoms with Crippen LogP contribution in [0.25, 0.3) is 0 Å². The van der Waals surface area contributed by atoms with E-state index in [4.69, 9.17) is 16.3 Å². The number of ether oxygens (including phenoxy) is 1. The molecule has 168 valence electrons. The maximum Gasteiger partial charge on any atom is 0.253 e. The lowest BCUT2D eigenvalue weighted by molar-refractivity contribution is -0.000864. The van der Waals surface area contributed by atoms with Gasteiger partial charge in [0.1, 0.15) is 11.4 Å². The van der Waals surface area contributed by atoms with Crippen molar-refractivity contribution in [1.82, 2.24) is 5.32 Å². The van der Waals surface area contributed by atoms with E-state index in [-0.39, 0.29) is 16.9 Å². The lowest BCUT2D eigenvalue weighted by atomic mass is 9.82. The molecule has 1 unspecified atom stereocenters. The molecule has 2 aliphatic carbocycles. The van der Waals surface area contributed by atoms with Crippen LogP contribution in [0.4, 0.5) is 11.4 Å². The summed E-state index contributed by atoms with van der Waals surface area (Å²) in [6.07, 6.45) is 11.6. The van der Waals surface area contributed by atoms with Crippen LogP contribution in [0.2, 0.25) is 0 Å². The average molecular weight is 438 g/mol. The molecule has 1 aromatic carbocycles. The van der Waals surface area contributed by atoms with Crippen molar-refractivity contribution in [1.29, 1.82) is 0 Å². The number of piperidine rings is 1. The highest BCUT2D eigenvalue weighted by Gasteiger charge is 2.27. The van der Waals surface area contributed by atoms with Crippen LogP contribution in [-0.4, -0.2) is 43.8 Å². The first kappa shape index (κ1) is 22.1. The molecule has 1 atom stereocenters. The van der Waals surface area contributed by atoms with Crippen LogP contribution in [0, 0.1) is 11.8 Å². The molecule has 1 saturated heterocycles. The SMILES string of the molecule is O=c1c(NCC2CCC(COC3CCC(Cl)CC3)CC2)c(NC2CCCNC2)c1=O. The Morgan fingerprint density at radius 2 is 1.60 bits per heavy atom. The molecule has 1 heterocycles. The lowest BCUT2D eigenvalue weighted by Gasteiger charge is -2.32. The minimum absolute atomic E-state index is 0.234. The zero-order chi connectivity index (χ0) is 20.9. The molecule has 2 saturated carbocycles. The molecule has 1 aliphatic heterocycles. The second-order valence-electron chi connectivity index (χ2n) is 9.57. The van der Waals surface area contributed by atoms with E-state index in [9.17, 15) is 9.59 Å². The first-order chi connectivity index (χ1) is 14.6. The van der Waals surface area contributed by atoms with Gasteiger partial charge in [-0.25, -0.2) is 0 Å². The fourth-order valence-corrected chi connectivity index (χ4v) is 5.44. The van der Waals surface area contributed by atoms with Gasteiger partial charge >= 0.3 is 0 Å². The number of nitrogens with one attached hydrogen (secondary N) is 3. The molecule has 3 fully saturated rings. The van der Waals surface area contributed by atoms with Gasteiger partial charge in [-0.05, 0) is 82.6 Å². The molecule has 3 aliphatic rings. The first-order valence-electron chi connectivity index (χ1n) is 11.9. The van der Waals surface area contributed by atoms with E-state index in [0.717, 1.165) is 77.6 Å². The maximum atomic E-state index is 12.0. The molecule has 3 N–H and O–H groups in total. The molecule has 7 heteroatoms. The van der Waals surface area contributed by atoms with Gasteiger partial charge in [0, 0.05) is 31.1 Å². The van der Waals surface area contributed by atoms with E-state index in [2.05, 4.69) is 16.0 Å². The highest BCUT2D eigenvalue weighted by Crippen LogP contribution is 2.31. The summed E-state index contributed by atoms with van der Waals surface area (Å²) in [5, 5.41) is 10.3. The average Bonchev–Trinajstić information content (AvgIpc) is 2.79. The van der Waals surface area contributed by atoms with Gasteiger partial charge in [0.25, 0.3) is 10.9 Å². The Morgan fingerprint density at radius 1 is 0.900 bits per heavy atom. The standard InChI is InChI=1S/C23H36ClN3O3/c24-17-7-9-19(10-8-17)30-14-16-5-3-15(4-6-16)12-26-20-21(23(29)22(20)28)27-18-2-1-11-25-13-18/h15-19,25-27H,1-14H2. The number of anilines is 2.